The van der Waals surface area contributed by atoms with Crippen molar-refractivity contribution < 1.29 is 0 Å². The Labute approximate surface area is 117 Å². The van der Waals surface area contributed by atoms with Gasteiger partial charge >= 0.3 is 0 Å². The van der Waals surface area contributed by atoms with Gasteiger partial charge in [-0.1, -0.05) is 48.5 Å². The minimum atomic E-state index is -0.412. The number of anilines is 1. The first kappa shape index (κ1) is 11.4. The van der Waals surface area contributed by atoms with Gasteiger partial charge in [-0.2, -0.15) is 10.2 Å². The van der Waals surface area contributed by atoms with Crippen molar-refractivity contribution in [3.63, 3.8) is 0 Å². The van der Waals surface area contributed by atoms with Crippen LogP contribution in [0.1, 0.15) is 17.2 Å². The number of benzene rings is 2. The molecule has 2 aromatic carbocycles. The monoisotopic (exact) mass is 262 g/mol. The molecule has 4 heteroatoms. The Bertz CT molecular complexity index is 718. The van der Waals surface area contributed by atoms with Crippen LogP contribution in [0.15, 0.2) is 70.5 Å². The van der Waals surface area contributed by atoms with E-state index in [0.29, 0.717) is 0 Å². The van der Waals surface area contributed by atoms with Crippen LogP contribution < -0.4 is 11.1 Å². The lowest BCUT2D eigenvalue weighted by Crippen LogP contribution is -2.25. The number of fused-ring (bicyclic) bond motifs is 3. The summed E-state index contributed by atoms with van der Waals surface area (Å²) < 4.78 is 0. The number of nitrogens with one attached hydrogen (secondary N) is 1. The first-order valence-corrected chi connectivity index (χ1v) is 6.65. The Hall–Kier alpha value is -2.46. The van der Waals surface area contributed by atoms with Crippen LogP contribution in [0.5, 0.6) is 0 Å². The third kappa shape index (κ3) is 1.58. The molecule has 98 valence electrons. The molecule has 0 spiro atoms. The van der Waals surface area contributed by atoms with Crippen molar-refractivity contribution in [2.24, 2.45) is 16.0 Å². The van der Waals surface area contributed by atoms with E-state index in [1.807, 2.05) is 30.3 Å². The molecule has 0 amide bonds. The summed E-state index contributed by atoms with van der Waals surface area (Å²) in [6.07, 6.45) is -0.412. The lowest BCUT2D eigenvalue weighted by Gasteiger charge is -2.22. The first-order valence-electron chi connectivity index (χ1n) is 6.65. The average Bonchev–Trinajstić information content (AvgIpc) is 2.86. The van der Waals surface area contributed by atoms with Crippen molar-refractivity contribution in [2.45, 2.75) is 12.2 Å². The molecule has 0 radical (unpaired) electrons. The predicted octanol–water partition coefficient (Wildman–Crippen LogP) is 3.32. The maximum atomic E-state index is 6.14. The van der Waals surface area contributed by atoms with E-state index < -0.39 is 6.17 Å². The summed E-state index contributed by atoms with van der Waals surface area (Å²) in [6, 6.07) is 18.3. The van der Waals surface area contributed by atoms with Gasteiger partial charge in [0, 0.05) is 16.8 Å². The molecule has 0 bridgehead atoms. The van der Waals surface area contributed by atoms with Gasteiger partial charge in [-0.25, -0.2) is 0 Å². The zero-order valence-corrected chi connectivity index (χ0v) is 10.8. The largest absolute Gasteiger partial charge is 0.356 e. The summed E-state index contributed by atoms with van der Waals surface area (Å²) in [5.41, 5.74) is 11.6. The van der Waals surface area contributed by atoms with Crippen molar-refractivity contribution in [1.82, 2.24) is 0 Å². The molecule has 2 aromatic rings. The average molecular weight is 262 g/mol. The van der Waals surface area contributed by atoms with E-state index in [0.717, 1.165) is 28.1 Å². The smallest absolute Gasteiger partial charge is 0.146 e. The molecule has 2 aliphatic heterocycles. The summed E-state index contributed by atoms with van der Waals surface area (Å²) >= 11 is 0. The van der Waals surface area contributed by atoms with Gasteiger partial charge in [-0.15, -0.1) is 0 Å². The Balaban J connectivity index is 1.90. The highest BCUT2D eigenvalue weighted by molar-refractivity contribution is 5.81. The molecule has 2 heterocycles. The fraction of sp³-hybridized carbons (Fsp3) is 0.125. The third-order valence-electron chi connectivity index (χ3n) is 3.78. The maximum absolute atomic E-state index is 6.14. The number of nitrogens with two attached hydrogens (primary N) is 1. The summed E-state index contributed by atoms with van der Waals surface area (Å²) in [4.78, 5) is 0. The van der Waals surface area contributed by atoms with Gasteiger partial charge in [0.25, 0.3) is 0 Å². The fourth-order valence-corrected chi connectivity index (χ4v) is 2.85. The second-order valence-electron chi connectivity index (χ2n) is 4.98. The van der Waals surface area contributed by atoms with Crippen LogP contribution in [0.25, 0.3) is 5.57 Å². The molecule has 0 saturated heterocycles. The summed E-state index contributed by atoms with van der Waals surface area (Å²) in [7, 11) is 0. The second-order valence-corrected chi connectivity index (χ2v) is 4.98. The molecule has 2 aliphatic rings. The SMILES string of the molecule is NC1N=NC2C(=C1c1ccccc1)Nc1ccccc12. The van der Waals surface area contributed by atoms with E-state index in [2.05, 4.69) is 39.8 Å². The Morgan fingerprint density at radius 1 is 0.900 bits per heavy atom. The van der Waals surface area contributed by atoms with E-state index in [4.69, 9.17) is 5.73 Å². The molecule has 4 rings (SSSR count). The van der Waals surface area contributed by atoms with Gasteiger partial charge in [-0.3, -0.25) is 0 Å². The van der Waals surface area contributed by atoms with Crippen molar-refractivity contribution in [3.05, 3.63) is 71.4 Å². The molecule has 2 atom stereocenters. The Kier molecular flexibility index (Phi) is 2.44. The zero-order chi connectivity index (χ0) is 13.5. The van der Waals surface area contributed by atoms with Crippen LogP contribution in [0.2, 0.25) is 0 Å². The van der Waals surface area contributed by atoms with Crippen molar-refractivity contribution in [1.29, 1.82) is 0 Å². The number of azo groups is 1. The highest BCUT2D eigenvalue weighted by Gasteiger charge is 2.34. The quantitative estimate of drug-likeness (QED) is 0.828. The molecule has 0 aromatic heterocycles. The highest BCUT2D eigenvalue weighted by Crippen LogP contribution is 2.45. The first-order chi connectivity index (χ1) is 9.84. The van der Waals surface area contributed by atoms with Crippen LogP contribution in [-0.4, -0.2) is 6.17 Å². The van der Waals surface area contributed by atoms with Gasteiger partial charge in [0.15, 0.2) is 0 Å². The number of nitrogens with zero attached hydrogens (tertiary/aromatic N) is 2. The normalized spacial score (nSPS) is 23.2. The minimum Gasteiger partial charge on any atom is -0.356 e. The molecule has 3 N–H and O–H groups in total. The van der Waals surface area contributed by atoms with E-state index in [-0.39, 0.29) is 6.04 Å². The number of para-hydroxylation sites is 1. The highest BCUT2D eigenvalue weighted by atomic mass is 15.2. The van der Waals surface area contributed by atoms with E-state index in [1.165, 1.54) is 0 Å². The predicted molar refractivity (Wildman–Crippen MR) is 79.0 cm³/mol. The lowest BCUT2D eigenvalue weighted by molar-refractivity contribution is 0.686. The van der Waals surface area contributed by atoms with E-state index in [9.17, 15) is 0 Å². The Morgan fingerprint density at radius 3 is 2.50 bits per heavy atom. The lowest BCUT2D eigenvalue weighted by atomic mass is 9.96. The molecule has 20 heavy (non-hydrogen) atoms. The summed E-state index contributed by atoms with van der Waals surface area (Å²) in [5, 5.41) is 12.1. The molecule has 2 unspecified atom stereocenters. The number of hydrogen-bond acceptors (Lipinski definition) is 4. The van der Waals surface area contributed by atoms with Gasteiger partial charge in [0.2, 0.25) is 0 Å². The number of rotatable bonds is 1. The second kappa shape index (κ2) is 4.28. The van der Waals surface area contributed by atoms with Gasteiger partial charge in [-0.05, 0) is 11.6 Å². The topological polar surface area (TPSA) is 62.8 Å². The zero-order valence-electron chi connectivity index (χ0n) is 10.8. The summed E-state index contributed by atoms with van der Waals surface area (Å²) in [6.45, 7) is 0. The van der Waals surface area contributed by atoms with Crippen molar-refractivity contribution in [2.75, 3.05) is 5.32 Å². The molecular weight excluding hydrogens is 248 g/mol. The molecule has 0 aliphatic carbocycles. The van der Waals surface area contributed by atoms with Crippen LogP contribution in [0, 0.1) is 0 Å². The van der Waals surface area contributed by atoms with Gasteiger partial charge < -0.3 is 11.1 Å². The van der Waals surface area contributed by atoms with Gasteiger partial charge in [0.05, 0.1) is 5.70 Å². The standard InChI is InChI=1S/C16H14N4/c17-16-13(10-6-2-1-3-7-10)15-14(19-20-16)11-8-4-5-9-12(11)18-15/h1-9,14,16,18H,17H2. The van der Waals surface area contributed by atoms with E-state index >= 15 is 0 Å². The minimum absolute atomic E-state index is 0.0544. The molecule has 0 saturated carbocycles. The number of hydrogen-bond donors (Lipinski definition) is 2. The maximum Gasteiger partial charge on any atom is 0.146 e. The molecular formula is C16H14N4. The third-order valence-corrected chi connectivity index (χ3v) is 3.78. The summed E-state index contributed by atoms with van der Waals surface area (Å²) in [5.74, 6) is 0. The van der Waals surface area contributed by atoms with Crippen LogP contribution in [-0.2, 0) is 0 Å². The van der Waals surface area contributed by atoms with Crippen LogP contribution >= 0.6 is 0 Å². The van der Waals surface area contributed by atoms with E-state index in [1.54, 1.807) is 0 Å². The van der Waals surface area contributed by atoms with Crippen molar-refractivity contribution in [3.8, 4) is 0 Å². The van der Waals surface area contributed by atoms with Crippen LogP contribution in [0.3, 0.4) is 0 Å². The molecule has 0 fully saturated rings. The fourth-order valence-electron chi connectivity index (χ4n) is 2.85. The van der Waals surface area contributed by atoms with Gasteiger partial charge in [0.1, 0.15) is 12.2 Å². The van der Waals surface area contributed by atoms with Crippen molar-refractivity contribution >= 4 is 11.3 Å². The molecule has 4 nitrogen and oxygen atoms in total. The van der Waals surface area contributed by atoms with Crippen LogP contribution in [0.4, 0.5) is 5.69 Å². The Morgan fingerprint density at radius 2 is 1.65 bits per heavy atom.